The highest BCUT2D eigenvalue weighted by atomic mass is 32.2. The molecule has 0 aliphatic heterocycles. The number of benzene rings is 1. The van der Waals surface area contributed by atoms with E-state index in [2.05, 4.69) is 10.3 Å². The van der Waals surface area contributed by atoms with Crippen molar-refractivity contribution >= 4 is 35.0 Å². The number of nitrogens with one attached hydrogen (secondary N) is 1. The first-order chi connectivity index (χ1) is 11.0. The van der Waals surface area contributed by atoms with Gasteiger partial charge in [0.25, 0.3) is 5.91 Å². The number of amides is 1. The van der Waals surface area contributed by atoms with E-state index in [-0.39, 0.29) is 5.91 Å². The fourth-order valence-electron chi connectivity index (χ4n) is 2.03. The van der Waals surface area contributed by atoms with Gasteiger partial charge in [-0.25, -0.2) is 9.78 Å². The van der Waals surface area contributed by atoms with Crippen LogP contribution in [0.15, 0.2) is 30.3 Å². The van der Waals surface area contributed by atoms with Crippen molar-refractivity contribution in [2.24, 2.45) is 0 Å². The molecule has 0 saturated heterocycles. The molecule has 0 radical (unpaired) electrons. The van der Waals surface area contributed by atoms with Gasteiger partial charge >= 0.3 is 5.97 Å². The number of carbonyl (C=O) groups is 2. The van der Waals surface area contributed by atoms with E-state index < -0.39 is 12.0 Å². The fourth-order valence-corrected chi connectivity index (χ4v) is 3.47. The van der Waals surface area contributed by atoms with Crippen LogP contribution in [-0.2, 0) is 4.79 Å². The van der Waals surface area contributed by atoms with Crippen LogP contribution in [-0.4, -0.2) is 40.0 Å². The summed E-state index contributed by atoms with van der Waals surface area (Å²) in [5.41, 5.74) is 1.55. The Balaban J connectivity index is 2.16. The van der Waals surface area contributed by atoms with Gasteiger partial charge in [-0.3, -0.25) is 4.79 Å². The minimum Gasteiger partial charge on any atom is -0.480 e. The van der Waals surface area contributed by atoms with Crippen LogP contribution in [0.25, 0.3) is 10.6 Å². The number of aromatic nitrogens is 1. The fraction of sp³-hybridized carbons (Fsp3) is 0.312. The summed E-state index contributed by atoms with van der Waals surface area (Å²) in [6.45, 7) is 1.76. The van der Waals surface area contributed by atoms with Gasteiger partial charge in [0.15, 0.2) is 0 Å². The van der Waals surface area contributed by atoms with Crippen LogP contribution < -0.4 is 5.32 Å². The Kier molecular flexibility index (Phi) is 6.18. The Bertz CT molecular complexity index is 686. The van der Waals surface area contributed by atoms with Crippen LogP contribution in [0.2, 0.25) is 0 Å². The third kappa shape index (κ3) is 4.56. The zero-order valence-corrected chi connectivity index (χ0v) is 14.5. The number of hydrogen-bond donors (Lipinski definition) is 2. The standard InChI is InChI=1S/C16H18N2O3S2/c1-10-13(14(19)18-12(16(20)21)8-9-22-2)23-15(17-10)11-6-4-3-5-7-11/h3-7,12H,8-9H2,1-2H3,(H,18,19)(H,20,21). The summed E-state index contributed by atoms with van der Waals surface area (Å²) in [7, 11) is 0. The summed E-state index contributed by atoms with van der Waals surface area (Å²) in [6.07, 6.45) is 2.30. The second-order valence-electron chi connectivity index (χ2n) is 4.95. The van der Waals surface area contributed by atoms with E-state index in [1.54, 1.807) is 18.7 Å². The molecule has 2 aromatic rings. The maximum Gasteiger partial charge on any atom is 0.326 e. The van der Waals surface area contributed by atoms with Crippen LogP contribution in [0, 0.1) is 6.92 Å². The van der Waals surface area contributed by atoms with Gasteiger partial charge in [-0.15, -0.1) is 11.3 Å². The van der Waals surface area contributed by atoms with Gasteiger partial charge in [0.1, 0.15) is 15.9 Å². The number of aliphatic carboxylic acids is 1. The summed E-state index contributed by atoms with van der Waals surface area (Å²) in [6, 6.07) is 8.72. The highest BCUT2D eigenvalue weighted by molar-refractivity contribution is 7.98. The lowest BCUT2D eigenvalue weighted by Crippen LogP contribution is -2.41. The molecular weight excluding hydrogens is 332 g/mol. The molecule has 1 aromatic carbocycles. The zero-order valence-electron chi connectivity index (χ0n) is 12.9. The van der Waals surface area contributed by atoms with Crippen LogP contribution in [0.5, 0.6) is 0 Å². The van der Waals surface area contributed by atoms with Crippen LogP contribution in [0.4, 0.5) is 0 Å². The number of thiazole rings is 1. The highest BCUT2D eigenvalue weighted by Crippen LogP contribution is 2.27. The molecule has 0 bridgehead atoms. The molecule has 2 rings (SSSR count). The Morgan fingerprint density at radius 3 is 2.65 bits per heavy atom. The Labute approximate surface area is 143 Å². The van der Waals surface area contributed by atoms with Crippen molar-refractivity contribution in [2.75, 3.05) is 12.0 Å². The molecule has 0 aliphatic rings. The second-order valence-corrected chi connectivity index (χ2v) is 6.93. The van der Waals surface area contributed by atoms with Crippen LogP contribution >= 0.6 is 23.1 Å². The number of thioether (sulfide) groups is 1. The van der Waals surface area contributed by atoms with Crippen molar-refractivity contribution in [3.8, 4) is 10.6 Å². The molecule has 0 saturated carbocycles. The van der Waals surface area contributed by atoms with Gasteiger partial charge in [-0.1, -0.05) is 30.3 Å². The maximum absolute atomic E-state index is 12.4. The van der Waals surface area contributed by atoms with Gasteiger partial charge in [0, 0.05) is 5.56 Å². The van der Waals surface area contributed by atoms with E-state index >= 15 is 0 Å². The van der Waals surface area contributed by atoms with Crippen molar-refractivity contribution in [2.45, 2.75) is 19.4 Å². The van der Waals surface area contributed by atoms with Gasteiger partial charge in [-0.2, -0.15) is 11.8 Å². The molecule has 7 heteroatoms. The van der Waals surface area contributed by atoms with Crippen molar-refractivity contribution in [1.29, 1.82) is 0 Å². The molecular formula is C16H18N2O3S2. The molecule has 0 fully saturated rings. The highest BCUT2D eigenvalue weighted by Gasteiger charge is 2.23. The molecule has 0 spiro atoms. The number of carbonyl (C=O) groups excluding carboxylic acids is 1. The summed E-state index contributed by atoms with van der Waals surface area (Å²) in [5.74, 6) is -0.720. The van der Waals surface area contributed by atoms with Gasteiger partial charge in [0.05, 0.1) is 5.69 Å². The van der Waals surface area contributed by atoms with E-state index in [1.807, 2.05) is 36.6 Å². The van der Waals surface area contributed by atoms with Crippen LogP contribution in [0.1, 0.15) is 21.8 Å². The molecule has 2 N–H and O–H groups in total. The lowest BCUT2D eigenvalue weighted by Gasteiger charge is -2.13. The monoisotopic (exact) mass is 350 g/mol. The van der Waals surface area contributed by atoms with Crippen molar-refractivity contribution in [3.63, 3.8) is 0 Å². The Morgan fingerprint density at radius 1 is 1.35 bits per heavy atom. The van der Waals surface area contributed by atoms with Crippen molar-refractivity contribution < 1.29 is 14.7 Å². The summed E-state index contributed by atoms with van der Waals surface area (Å²) in [4.78, 5) is 28.5. The first-order valence-electron chi connectivity index (χ1n) is 7.08. The number of aryl methyl sites for hydroxylation is 1. The predicted octanol–water partition coefficient (Wildman–Crippen LogP) is 3.05. The smallest absolute Gasteiger partial charge is 0.326 e. The zero-order chi connectivity index (χ0) is 16.8. The Hall–Kier alpha value is -1.86. The molecule has 23 heavy (non-hydrogen) atoms. The molecule has 1 aromatic heterocycles. The molecule has 0 aliphatic carbocycles. The van der Waals surface area contributed by atoms with Gasteiger partial charge in [-0.05, 0) is 25.4 Å². The number of nitrogens with zero attached hydrogens (tertiary/aromatic N) is 1. The Morgan fingerprint density at radius 2 is 2.04 bits per heavy atom. The molecule has 1 atom stereocenters. The van der Waals surface area contributed by atoms with E-state index in [1.165, 1.54) is 11.3 Å². The lowest BCUT2D eigenvalue weighted by molar-refractivity contribution is -0.139. The summed E-state index contributed by atoms with van der Waals surface area (Å²) < 4.78 is 0. The van der Waals surface area contributed by atoms with Crippen LogP contribution in [0.3, 0.4) is 0 Å². The maximum atomic E-state index is 12.4. The topological polar surface area (TPSA) is 79.3 Å². The summed E-state index contributed by atoms with van der Waals surface area (Å²) >= 11 is 2.83. The quantitative estimate of drug-likeness (QED) is 0.802. The molecule has 1 unspecified atom stereocenters. The number of hydrogen-bond acceptors (Lipinski definition) is 5. The average Bonchev–Trinajstić information content (AvgIpc) is 2.94. The summed E-state index contributed by atoms with van der Waals surface area (Å²) in [5, 5.41) is 12.6. The lowest BCUT2D eigenvalue weighted by atomic mass is 10.2. The van der Waals surface area contributed by atoms with Crippen molar-refractivity contribution in [3.05, 3.63) is 40.9 Å². The minimum absolute atomic E-state index is 0.379. The average molecular weight is 350 g/mol. The second kappa shape index (κ2) is 8.12. The van der Waals surface area contributed by atoms with E-state index in [0.717, 1.165) is 10.6 Å². The first kappa shape index (κ1) is 17.5. The van der Waals surface area contributed by atoms with Gasteiger partial charge in [0.2, 0.25) is 0 Å². The van der Waals surface area contributed by atoms with E-state index in [9.17, 15) is 14.7 Å². The third-order valence-electron chi connectivity index (χ3n) is 3.24. The van der Waals surface area contributed by atoms with E-state index in [4.69, 9.17) is 0 Å². The third-order valence-corrected chi connectivity index (χ3v) is 5.09. The number of rotatable bonds is 7. The molecule has 5 nitrogen and oxygen atoms in total. The van der Waals surface area contributed by atoms with E-state index in [0.29, 0.717) is 22.7 Å². The largest absolute Gasteiger partial charge is 0.480 e. The molecule has 122 valence electrons. The van der Waals surface area contributed by atoms with Crippen molar-refractivity contribution in [1.82, 2.24) is 10.3 Å². The minimum atomic E-state index is -1.02. The molecule has 1 heterocycles. The van der Waals surface area contributed by atoms with Gasteiger partial charge < -0.3 is 10.4 Å². The number of carboxylic acid groups (broad SMARTS) is 1. The predicted molar refractivity (Wildman–Crippen MR) is 94.2 cm³/mol. The molecule has 1 amide bonds. The number of carboxylic acids is 1. The first-order valence-corrected chi connectivity index (χ1v) is 9.29. The SMILES string of the molecule is CSCCC(NC(=O)c1sc(-c2ccccc2)nc1C)C(=O)O. The normalized spacial score (nSPS) is 11.9.